The van der Waals surface area contributed by atoms with Crippen LogP contribution in [0.4, 0.5) is 10.1 Å². The molecule has 0 aliphatic carbocycles. The number of aliphatic imine (C=N–C) groups is 1. The zero-order valence-corrected chi connectivity index (χ0v) is 16.0. The summed E-state index contributed by atoms with van der Waals surface area (Å²) in [7, 11) is 1.71. The zero-order valence-electron chi connectivity index (χ0n) is 16.0. The van der Waals surface area contributed by atoms with Crippen molar-refractivity contribution in [2.24, 2.45) is 4.99 Å². The summed E-state index contributed by atoms with van der Waals surface area (Å²) < 4.78 is 18.1. The Morgan fingerprint density at radius 3 is 2.54 bits per heavy atom. The van der Waals surface area contributed by atoms with Crippen LogP contribution in [0.5, 0.6) is 0 Å². The van der Waals surface area contributed by atoms with E-state index < -0.39 is 0 Å². The van der Waals surface area contributed by atoms with Crippen LogP contribution in [0, 0.1) is 5.82 Å². The van der Waals surface area contributed by atoms with Gasteiger partial charge in [-0.1, -0.05) is 0 Å². The fourth-order valence-electron chi connectivity index (χ4n) is 2.96. The molecule has 0 bridgehead atoms. The summed E-state index contributed by atoms with van der Waals surface area (Å²) >= 11 is 0. The normalized spacial score (nSPS) is 16.0. The average molecular weight is 365 g/mol. The van der Waals surface area contributed by atoms with Gasteiger partial charge in [-0.3, -0.25) is 9.89 Å². The Labute approximate surface area is 156 Å². The van der Waals surface area contributed by atoms with Crippen molar-refractivity contribution < 1.29 is 9.13 Å². The van der Waals surface area contributed by atoms with E-state index in [4.69, 9.17) is 4.74 Å². The fourth-order valence-corrected chi connectivity index (χ4v) is 2.96. The highest BCUT2D eigenvalue weighted by atomic mass is 19.1. The lowest BCUT2D eigenvalue weighted by molar-refractivity contribution is 0.197. The van der Waals surface area contributed by atoms with Gasteiger partial charge in [-0.15, -0.1) is 0 Å². The molecular weight excluding hydrogens is 333 g/mol. The van der Waals surface area contributed by atoms with Crippen molar-refractivity contribution >= 4 is 11.6 Å². The number of halogens is 1. The molecule has 0 amide bonds. The summed E-state index contributed by atoms with van der Waals surface area (Å²) in [6.45, 7) is 10.2. The lowest BCUT2D eigenvalue weighted by Gasteiger charge is -2.36. The summed E-state index contributed by atoms with van der Waals surface area (Å²) in [6, 6.07) is 6.77. The number of piperazine rings is 1. The first-order valence-corrected chi connectivity index (χ1v) is 9.47. The SMILES string of the molecule is CCNC(=NCCCOC)NCCN1CCN(c2ccc(F)cc2)CC1. The van der Waals surface area contributed by atoms with E-state index >= 15 is 0 Å². The molecule has 0 saturated carbocycles. The highest BCUT2D eigenvalue weighted by molar-refractivity contribution is 5.79. The van der Waals surface area contributed by atoms with Gasteiger partial charge in [0.15, 0.2) is 5.96 Å². The number of guanidine groups is 1. The molecule has 1 saturated heterocycles. The Balaban J connectivity index is 1.67. The minimum absolute atomic E-state index is 0.182. The maximum absolute atomic E-state index is 13.0. The van der Waals surface area contributed by atoms with E-state index in [1.165, 1.54) is 12.1 Å². The molecule has 0 spiro atoms. The highest BCUT2D eigenvalue weighted by Gasteiger charge is 2.16. The van der Waals surface area contributed by atoms with Crippen LogP contribution >= 0.6 is 0 Å². The third-order valence-corrected chi connectivity index (χ3v) is 4.41. The smallest absolute Gasteiger partial charge is 0.191 e. The fraction of sp³-hybridized carbons (Fsp3) is 0.632. The van der Waals surface area contributed by atoms with Crippen molar-refractivity contribution in [3.63, 3.8) is 0 Å². The Kier molecular flexibility index (Phi) is 9.20. The van der Waals surface area contributed by atoms with Crippen molar-refractivity contribution in [3.05, 3.63) is 30.1 Å². The van der Waals surface area contributed by atoms with E-state index in [0.717, 1.165) is 77.0 Å². The molecule has 146 valence electrons. The average Bonchev–Trinajstić information content (AvgIpc) is 2.66. The molecule has 0 radical (unpaired) electrons. The molecule has 0 unspecified atom stereocenters. The van der Waals surface area contributed by atoms with E-state index in [1.54, 1.807) is 7.11 Å². The van der Waals surface area contributed by atoms with Crippen LogP contribution in [0.1, 0.15) is 13.3 Å². The summed E-state index contributed by atoms with van der Waals surface area (Å²) in [4.78, 5) is 9.31. The van der Waals surface area contributed by atoms with Gasteiger partial charge in [0.25, 0.3) is 0 Å². The molecule has 26 heavy (non-hydrogen) atoms. The molecule has 7 heteroatoms. The molecule has 1 heterocycles. The lowest BCUT2D eigenvalue weighted by atomic mass is 10.2. The quantitative estimate of drug-likeness (QED) is 0.395. The summed E-state index contributed by atoms with van der Waals surface area (Å²) in [5.74, 6) is 0.687. The molecular formula is C19H32FN5O. The number of rotatable bonds is 9. The van der Waals surface area contributed by atoms with Gasteiger partial charge in [0, 0.05) is 71.8 Å². The van der Waals surface area contributed by atoms with E-state index in [-0.39, 0.29) is 5.82 Å². The van der Waals surface area contributed by atoms with Gasteiger partial charge in [-0.2, -0.15) is 0 Å². The van der Waals surface area contributed by atoms with Crippen molar-refractivity contribution in [1.29, 1.82) is 0 Å². The number of benzene rings is 1. The van der Waals surface area contributed by atoms with Crippen LogP contribution in [-0.4, -0.2) is 76.9 Å². The second-order valence-corrected chi connectivity index (χ2v) is 6.34. The number of nitrogens with zero attached hydrogens (tertiary/aromatic N) is 3. The Morgan fingerprint density at radius 2 is 1.88 bits per heavy atom. The molecule has 1 aliphatic heterocycles. The number of ether oxygens (including phenoxy) is 1. The largest absolute Gasteiger partial charge is 0.385 e. The van der Waals surface area contributed by atoms with E-state index in [2.05, 4.69) is 32.3 Å². The van der Waals surface area contributed by atoms with Crippen LogP contribution in [0.2, 0.25) is 0 Å². The maximum Gasteiger partial charge on any atom is 0.191 e. The van der Waals surface area contributed by atoms with Gasteiger partial charge in [0.1, 0.15) is 5.82 Å². The van der Waals surface area contributed by atoms with Gasteiger partial charge in [-0.25, -0.2) is 4.39 Å². The van der Waals surface area contributed by atoms with Crippen LogP contribution in [0.25, 0.3) is 0 Å². The van der Waals surface area contributed by atoms with E-state index in [1.807, 2.05) is 12.1 Å². The first kappa shape index (κ1) is 20.5. The molecule has 2 N–H and O–H groups in total. The van der Waals surface area contributed by atoms with Crippen molar-refractivity contribution in [3.8, 4) is 0 Å². The van der Waals surface area contributed by atoms with E-state index in [0.29, 0.717) is 0 Å². The predicted molar refractivity (Wildman–Crippen MR) is 106 cm³/mol. The Hall–Kier alpha value is -1.86. The number of methoxy groups -OCH3 is 1. The monoisotopic (exact) mass is 365 g/mol. The lowest BCUT2D eigenvalue weighted by Crippen LogP contribution is -2.49. The number of hydrogen-bond acceptors (Lipinski definition) is 4. The van der Waals surface area contributed by atoms with Crippen LogP contribution < -0.4 is 15.5 Å². The molecule has 2 rings (SSSR count). The van der Waals surface area contributed by atoms with Crippen LogP contribution in [-0.2, 0) is 4.74 Å². The van der Waals surface area contributed by atoms with Crippen molar-refractivity contribution in [2.75, 3.05) is 71.0 Å². The third-order valence-electron chi connectivity index (χ3n) is 4.41. The molecule has 1 fully saturated rings. The Morgan fingerprint density at radius 1 is 1.15 bits per heavy atom. The summed E-state index contributed by atoms with van der Waals surface area (Å²) in [5.41, 5.74) is 1.10. The molecule has 1 aliphatic rings. The molecule has 0 aromatic heterocycles. The van der Waals surface area contributed by atoms with Gasteiger partial charge >= 0.3 is 0 Å². The molecule has 1 aromatic rings. The second-order valence-electron chi connectivity index (χ2n) is 6.34. The van der Waals surface area contributed by atoms with Crippen LogP contribution in [0.15, 0.2) is 29.3 Å². The first-order valence-electron chi connectivity index (χ1n) is 9.47. The van der Waals surface area contributed by atoms with Gasteiger partial charge in [0.2, 0.25) is 0 Å². The third kappa shape index (κ3) is 7.17. The summed E-state index contributed by atoms with van der Waals surface area (Å²) in [6.07, 6.45) is 0.929. The van der Waals surface area contributed by atoms with Crippen molar-refractivity contribution in [2.45, 2.75) is 13.3 Å². The molecule has 6 nitrogen and oxygen atoms in total. The zero-order chi connectivity index (χ0) is 18.6. The van der Waals surface area contributed by atoms with Gasteiger partial charge < -0.3 is 20.3 Å². The van der Waals surface area contributed by atoms with E-state index in [9.17, 15) is 4.39 Å². The number of hydrogen-bond donors (Lipinski definition) is 2. The van der Waals surface area contributed by atoms with Gasteiger partial charge in [0.05, 0.1) is 0 Å². The van der Waals surface area contributed by atoms with Gasteiger partial charge in [-0.05, 0) is 37.6 Å². The minimum atomic E-state index is -0.182. The number of nitrogens with one attached hydrogen (secondary N) is 2. The Bertz CT molecular complexity index is 529. The topological polar surface area (TPSA) is 52.1 Å². The highest BCUT2D eigenvalue weighted by Crippen LogP contribution is 2.16. The molecule has 0 atom stereocenters. The van der Waals surface area contributed by atoms with Crippen LogP contribution in [0.3, 0.4) is 0 Å². The number of anilines is 1. The predicted octanol–water partition coefficient (Wildman–Crippen LogP) is 1.54. The summed E-state index contributed by atoms with van der Waals surface area (Å²) in [5, 5.41) is 6.67. The maximum atomic E-state index is 13.0. The standard InChI is InChI=1S/C19H32FN5O/c1-3-21-19(22-9-4-16-26-2)23-10-11-24-12-14-25(15-13-24)18-7-5-17(20)6-8-18/h5-8H,3-4,9-16H2,1-2H3,(H2,21,22,23). The second kappa shape index (κ2) is 11.7. The molecule has 1 aromatic carbocycles. The first-order chi connectivity index (χ1) is 12.7. The minimum Gasteiger partial charge on any atom is -0.385 e. The van der Waals surface area contributed by atoms with Crippen molar-refractivity contribution in [1.82, 2.24) is 15.5 Å².